The fourth-order valence-corrected chi connectivity index (χ4v) is 6.63. The molecule has 8 rings (SSSR count). The highest BCUT2D eigenvalue weighted by Gasteiger charge is 2.50. The van der Waals surface area contributed by atoms with E-state index in [-0.39, 0.29) is 13.7 Å². The molecule has 0 bridgehead atoms. The molecule has 0 unspecified atom stereocenters. The Balaban J connectivity index is 1.63. The van der Waals surface area contributed by atoms with E-state index < -0.39 is 0 Å². The Morgan fingerprint density at radius 1 is 0.531 bits per heavy atom. The molecule has 0 aromatic heterocycles. The van der Waals surface area contributed by atoms with Crippen LogP contribution in [0.15, 0.2) is 97.1 Å². The summed E-state index contributed by atoms with van der Waals surface area (Å²) >= 11 is 0. The largest absolute Gasteiger partial charge is 0.444 e. The predicted molar refractivity (Wildman–Crippen MR) is 139 cm³/mol. The van der Waals surface area contributed by atoms with Crippen molar-refractivity contribution in [1.29, 1.82) is 0 Å². The molecule has 3 aliphatic rings. The molecule has 32 heavy (non-hydrogen) atoms. The molecule has 0 amide bonds. The number of anilines is 1. The normalized spacial score (nSPS) is 14.2. The Morgan fingerprint density at radius 2 is 1.03 bits per heavy atom. The minimum atomic E-state index is 0.220. The summed E-state index contributed by atoms with van der Waals surface area (Å²) in [6, 6.07) is 36.6. The van der Waals surface area contributed by atoms with E-state index in [0.717, 1.165) is 0 Å². The number of benzene rings is 5. The van der Waals surface area contributed by atoms with E-state index in [1.54, 1.807) is 0 Å². The fraction of sp³-hybridized carbons (Fsp3) is 0.0345. The second kappa shape index (κ2) is 5.75. The third-order valence-electron chi connectivity index (χ3n) is 7.72. The lowest BCUT2D eigenvalue weighted by molar-refractivity contribution is 1.39. The molecule has 0 atom stereocenters. The smallest absolute Gasteiger partial charge is 0.312 e. The van der Waals surface area contributed by atoms with Gasteiger partial charge in [-0.1, -0.05) is 84.9 Å². The molecule has 3 heteroatoms. The van der Waals surface area contributed by atoms with Gasteiger partial charge < -0.3 is 4.72 Å². The minimum Gasteiger partial charge on any atom is -0.444 e. The zero-order valence-electron chi connectivity index (χ0n) is 17.8. The van der Waals surface area contributed by atoms with Gasteiger partial charge in [0.2, 0.25) is 0 Å². The van der Waals surface area contributed by atoms with Gasteiger partial charge in [0.25, 0.3) is 0 Å². The van der Waals surface area contributed by atoms with Gasteiger partial charge >= 0.3 is 13.7 Å². The van der Waals surface area contributed by atoms with Crippen molar-refractivity contribution in [2.24, 2.45) is 0 Å². The van der Waals surface area contributed by atoms with E-state index in [4.69, 9.17) is 0 Å². The van der Waals surface area contributed by atoms with Crippen molar-refractivity contribution >= 4 is 52.0 Å². The van der Waals surface area contributed by atoms with Crippen molar-refractivity contribution in [3.8, 4) is 22.3 Å². The van der Waals surface area contributed by atoms with Crippen molar-refractivity contribution in [3.63, 3.8) is 0 Å². The SMILES string of the molecule is Cc1cc2c3c(c1)-c1ccccc1B1c4cccc5cccc(c45)B(c4ccccc4-2)N13. The molecule has 146 valence electrons. The van der Waals surface area contributed by atoms with Crippen molar-refractivity contribution in [3.05, 3.63) is 103 Å². The van der Waals surface area contributed by atoms with Gasteiger partial charge in [-0.3, -0.25) is 0 Å². The Kier molecular flexibility index (Phi) is 3.04. The summed E-state index contributed by atoms with van der Waals surface area (Å²) in [5.74, 6) is 0. The summed E-state index contributed by atoms with van der Waals surface area (Å²) in [6.07, 6.45) is 0. The summed E-state index contributed by atoms with van der Waals surface area (Å²) < 4.78 is 2.73. The minimum absolute atomic E-state index is 0.220. The third kappa shape index (κ3) is 1.89. The molecule has 5 aromatic carbocycles. The van der Waals surface area contributed by atoms with E-state index in [9.17, 15) is 0 Å². The van der Waals surface area contributed by atoms with Gasteiger partial charge in [-0.15, -0.1) is 0 Å². The maximum absolute atomic E-state index is 2.73. The van der Waals surface area contributed by atoms with Gasteiger partial charge in [0, 0.05) is 16.8 Å². The van der Waals surface area contributed by atoms with Crippen LogP contribution in [0.1, 0.15) is 5.56 Å². The standard InChI is InChI=1S/C29H19B2N/c1-18-16-22-20-10-2-4-12-24(20)30-26-14-6-8-19-9-7-15-27(28(19)26)31-25-13-5-3-11-21(25)23(17-18)29(22)32(30)31/h2-17H,1H3. The number of aryl methyl sites for hydroxylation is 1. The van der Waals surface area contributed by atoms with Crippen LogP contribution >= 0.6 is 0 Å². The van der Waals surface area contributed by atoms with E-state index >= 15 is 0 Å². The molecule has 3 aliphatic heterocycles. The van der Waals surface area contributed by atoms with Gasteiger partial charge in [0.15, 0.2) is 0 Å². The van der Waals surface area contributed by atoms with Gasteiger partial charge in [-0.25, -0.2) is 0 Å². The van der Waals surface area contributed by atoms with Gasteiger partial charge in [0.05, 0.1) is 0 Å². The molecular weight excluding hydrogens is 384 g/mol. The summed E-state index contributed by atoms with van der Waals surface area (Å²) in [7, 11) is 0. The van der Waals surface area contributed by atoms with E-state index in [1.807, 2.05) is 0 Å². The second-order valence-electron chi connectivity index (χ2n) is 9.39. The van der Waals surface area contributed by atoms with Crippen LogP contribution in [0.5, 0.6) is 0 Å². The van der Waals surface area contributed by atoms with Crippen molar-refractivity contribution in [1.82, 2.24) is 0 Å². The lowest BCUT2D eigenvalue weighted by Gasteiger charge is -2.50. The van der Waals surface area contributed by atoms with Crippen LogP contribution in [0, 0.1) is 6.92 Å². The van der Waals surface area contributed by atoms with Crippen molar-refractivity contribution < 1.29 is 0 Å². The first-order valence-corrected chi connectivity index (χ1v) is 11.4. The maximum atomic E-state index is 2.73. The first-order valence-electron chi connectivity index (χ1n) is 11.4. The number of nitrogens with zero attached hydrogens (tertiary/aromatic N) is 1. The van der Waals surface area contributed by atoms with Crippen LogP contribution in [0.2, 0.25) is 0 Å². The molecule has 0 saturated carbocycles. The second-order valence-corrected chi connectivity index (χ2v) is 9.39. The molecule has 0 aliphatic carbocycles. The van der Waals surface area contributed by atoms with Crippen LogP contribution in [0.4, 0.5) is 5.69 Å². The quantitative estimate of drug-likeness (QED) is 0.356. The van der Waals surface area contributed by atoms with Crippen LogP contribution in [-0.4, -0.2) is 13.7 Å². The molecule has 0 spiro atoms. The summed E-state index contributed by atoms with van der Waals surface area (Å²) in [5.41, 5.74) is 13.9. The number of hydrogen-bond donors (Lipinski definition) is 0. The van der Waals surface area contributed by atoms with Crippen molar-refractivity contribution in [2.75, 3.05) is 4.72 Å². The van der Waals surface area contributed by atoms with E-state index in [2.05, 4.69) is 109 Å². The molecule has 5 aromatic rings. The molecular formula is C29H19B2N. The predicted octanol–water partition coefficient (Wildman–Crippen LogP) is 3.84. The molecule has 0 fully saturated rings. The zero-order chi connectivity index (χ0) is 21.0. The lowest BCUT2D eigenvalue weighted by Crippen LogP contribution is -2.75. The Morgan fingerprint density at radius 3 is 1.59 bits per heavy atom. The van der Waals surface area contributed by atoms with Gasteiger partial charge in [-0.2, -0.15) is 0 Å². The number of rotatable bonds is 0. The summed E-state index contributed by atoms with van der Waals surface area (Å²) in [4.78, 5) is 0. The molecule has 1 nitrogen and oxygen atoms in total. The summed E-state index contributed by atoms with van der Waals surface area (Å²) in [6.45, 7) is 2.67. The van der Waals surface area contributed by atoms with Gasteiger partial charge in [0.1, 0.15) is 0 Å². The molecule has 3 heterocycles. The van der Waals surface area contributed by atoms with E-state index in [0.29, 0.717) is 0 Å². The third-order valence-corrected chi connectivity index (χ3v) is 7.72. The average molecular weight is 403 g/mol. The average Bonchev–Trinajstić information content (AvgIpc) is 2.84. The summed E-state index contributed by atoms with van der Waals surface area (Å²) in [5, 5.41) is 2.78. The monoisotopic (exact) mass is 403 g/mol. The molecule has 0 radical (unpaired) electrons. The number of fused-ring (bicyclic) bond motifs is 8. The first kappa shape index (κ1) is 16.9. The highest BCUT2D eigenvalue weighted by molar-refractivity contribution is 7.10. The Hall–Kier alpha value is -3.71. The zero-order valence-corrected chi connectivity index (χ0v) is 17.8. The molecule has 0 N–H and O–H groups in total. The van der Waals surface area contributed by atoms with Crippen LogP contribution < -0.4 is 26.6 Å². The topological polar surface area (TPSA) is 3.24 Å². The maximum Gasteiger partial charge on any atom is 0.312 e. The van der Waals surface area contributed by atoms with Crippen LogP contribution in [0.3, 0.4) is 0 Å². The van der Waals surface area contributed by atoms with E-state index in [1.165, 1.54) is 66.1 Å². The Bertz CT molecular complexity index is 1510. The highest BCUT2D eigenvalue weighted by Crippen LogP contribution is 2.46. The van der Waals surface area contributed by atoms with Crippen LogP contribution in [-0.2, 0) is 0 Å². The highest BCUT2D eigenvalue weighted by atomic mass is 15.0. The number of hydrogen-bond acceptors (Lipinski definition) is 1. The van der Waals surface area contributed by atoms with Gasteiger partial charge in [-0.05, 0) is 68.4 Å². The molecule has 0 saturated heterocycles. The first-order chi connectivity index (χ1) is 15.8. The van der Waals surface area contributed by atoms with Crippen LogP contribution in [0.25, 0.3) is 33.0 Å². The van der Waals surface area contributed by atoms with Crippen molar-refractivity contribution in [2.45, 2.75) is 6.92 Å². The Labute approximate surface area is 188 Å². The lowest BCUT2D eigenvalue weighted by atomic mass is 9.30. The fourth-order valence-electron chi connectivity index (χ4n) is 6.63.